The number of sulfone groups is 1. The first-order valence-electron chi connectivity index (χ1n) is 7.49. The molecule has 0 unspecified atom stereocenters. The summed E-state index contributed by atoms with van der Waals surface area (Å²) in [5, 5.41) is 10.1. The molecule has 8 heteroatoms. The van der Waals surface area contributed by atoms with Gasteiger partial charge in [-0.1, -0.05) is 41.7 Å². The van der Waals surface area contributed by atoms with Crippen LogP contribution in [0.15, 0.2) is 74.5 Å². The van der Waals surface area contributed by atoms with Crippen molar-refractivity contribution in [3.05, 3.63) is 65.7 Å². The lowest BCUT2D eigenvalue weighted by atomic mass is 10.1. The Balaban J connectivity index is 1.88. The lowest BCUT2D eigenvalue weighted by Crippen LogP contribution is -2.01. The molecule has 0 saturated heterocycles. The molecule has 0 amide bonds. The maximum atomic E-state index is 12.9. The van der Waals surface area contributed by atoms with E-state index in [1.807, 2.05) is 0 Å². The molecule has 0 bridgehead atoms. The van der Waals surface area contributed by atoms with Gasteiger partial charge in [-0.3, -0.25) is 0 Å². The quantitative estimate of drug-likeness (QED) is 0.568. The highest BCUT2D eigenvalue weighted by Crippen LogP contribution is 2.34. The van der Waals surface area contributed by atoms with Crippen molar-refractivity contribution in [2.45, 2.75) is 9.24 Å². The van der Waals surface area contributed by atoms with Gasteiger partial charge in [0.2, 0.25) is 14.2 Å². The molecule has 0 aliphatic carbocycles. The Kier molecular flexibility index (Phi) is 3.86. The molecule has 26 heavy (non-hydrogen) atoms. The topological polar surface area (TPSA) is 97.5 Å². The van der Waals surface area contributed by atoms with Crippen LogP contribution in [-0.2, 0) is 9.84 Å². The van der Waals surface area contributed by atoms with Crippen molar-refractivity contribution in [3.8, 4) is 11.3 Å². The predicted molar refractivity (Wildman–Crippen MR) is 96.2 cm³/mol. The van der Waals surface area contributed by atoms with Gasteiger partial charge in [0, 0.05) is 10.9 Å². The third kappa shape index (κ3) is 2.69. The standard InChI is InChI=1S/C18H11NO5S2/c20-17(21)16-15(11-4-2-1-3-5-11)19-18(25-16)26(22,23)13-6-7-14-12(10-13)8-9-24-14/h1-10H,(H,20,21). The van der Waals surface area contributed by atoms with E-state index in [1.54, 1.807) is 42.5 Å². The SMILES string of the molecule is O=C(O)c1sc(S(=O)(=O)c2ccc3occc3c2)nc1-c1ccccc1. The number of thiazole rings is 1. The molecule has 2 aromatic carbocycles. The van der Waals surface area contributed by atoms with Crippen LogP contribution in [0.4, 0.5) is 0 Å². The van der Waals surface area contributed by atoms with Crippen LogP contribution in [-0.4, -0.2) is 24.5 Å². The fourth-order valence-electron chi connectivity index (χ4n) is 2.56. The maximum Gasteiger partial charge on any atom is 0.348 e. The summed E-state index contributed by atoms with van der Waals surface area (Å²) in [6.07, 6.45) is 1.47. The highest BCUT2D eigenvalue weighted by molar-refractivity contribution is 7.93. The van der Waals surface area contributed by atoms with Crippen LogP contribution < -0.4 is 0 Å². The number of furan rings is 1. The summed E-state index contributed by atoms with van der Waals surface area (Å²) in [7, 11) is -3.95. The molecule has 0 saturated carbocycles. The van der Waals surface area contributed by atoms with Crippen LogP contribution in [0.5, 0.6) is 0 Å². The second kappa shape index (κ2) is 6.08. The van der Waals surface area contributed by atoms with Crippen LogP contribution in [0.3, 0.4) is 0 Å². The smallest absolute Gasteiger partial charge is 0.348 e. The molecule has 0 spiro atoms. The first-order valence-corrected chi connectivity index (χ1v) is 9.78. The van der Waals surface area contributed by atoms with Crippen LogP contribution in [0.1, 0.15) is 9.67 Å². The highest BCUT2D eigenvalue weighted by atomic mass is 32.2. The summed E-state index contributed by atoms with van der Waals surface area (Å²) in [6.45, 7) is 0. The van der Waals surface area contributed by atoms with Crippen molar-refractivity contribution < 1.29 is 22.7 Å². The largest absolute Gasteiger partial charge is 0.477 e. The summed E-state index contributed by atoms with van der Waals surface area (Å²) in [5.41, 5.74) is 1.26. The van der Waals surface area contributed by atoms with Crippen molar-refractivity contribution >= 4 is 38.1 Å². The minimum absolute atomic E-state index is 0.0386. The van der Waals surface area contributed by atoms with Crippen molar-refractivity contribution in [2.75, 3.05) is 0 Å². The molecule has 1 N–H and O–H groups in total. The van der Waals surface area contributed by atoms with Gasteiger partial charge in [-0.2, -0.15) is 0 Å². The first kappa shape index (κ1) is 16.5. The lowest BCUT2D eigenvalue weighted by molar-refractivity contribution is 0.0702. The molecule has 0 aliphatic heterocycles. The number of carboxylic acids is 1. The molecule has 130 valence electrons. The molecule has 0 aliphatic rings. The van der Waals surface area contributed by atoms with Crippen molar-refractivity contribution in [1.82, 2.24) is 4.98 Å². The molecule has 2 heterocycles. The molecular formula is C18H11NO5S2. The van der Waals surface area contributed by atoms with E-state index in [2.05, 4.69) is 4.98 Å². The summed E-state index contributed by atoms with van der Waals surface area (Å²) in [6, 6.07) is 14.8. The number of nitrogens with zero attached hydrogens (tertiary/aromatic N) is 1. The van der Waals surface area contributed by atoms with E-state index < -0.39 is 15.8 Å². The van der Waals surface area contributed by atoms with Gasteiger partial charge in [0.25, 0.3) is 0 Å². The zero-order chi connectivity index (χ0) is 18.3. The van der Waals surface area contributed by atoms with Gasteiger partial charge in [0.15, 0.2) is 0 Å². The number of hydrogen-bond acceptors (Lipinski definition) is 6. The zero-order valence-electron chi connectivity index (χ0n) is 13.1. The number of hydrogen-bond donors (Lipinski definition) is 1. The molecule has 0 fully saturated rings. The van der Waals surface area contributed by atoms with Crippen LogP contribution in [0.25, 0.3) is 22.2 Å². The molecule has 0 atom stereocenters. The summed E-state index contributed by atoms with van der Waals surface area (Å²) in [5.74, 6) is -1.21. The molecular weight excluding hydrogens is 374 g/mol. The second-order valence-electron chi connectivity index (χ2n) is 5.45. The van der Waals surface area contributed by atoms with E-state index in [1.165, 1.54) is 18.4 Å². The third-order valence-corrected chi connectivity index (χ3v) is 6.98. The Hall–Kier alpha value is -2.97. The molecule has 6 nitrogen and oxygen atoms in total. The third-order valence-electron chi connectivity index (χ3n) is 3.81. The van der Waals surface area contributed by atoms with Crippen LogP contribution >= 0.6 is 11.3 Å². The van der Waals surface area contributed by atoms with Crippen molar-refractivity contribution in [2.24, 2.45) is 0 Å². The Labute approximate surface area is 152 Å². The number of rotatable bonds is 4. The number of aromatic carboxylic acids is 1. The average molecular weight is 385 g/mol. The Morgan fingerprint density at radius 2 is 1.85 bits per heavy atom. The molecule has 2 aromatic heterocycles. The molecule has 4 rings (SSSR count). The van der Waals surface area contributed by atoms with Gasteiger partial charge in [-0.15, -0.1) is 0 Å². The van der Waals surface area contributed by atoms with E-state index in [-0.39, 0.29) is 19.8 Å². The van der Waals surface area contributed by atoms with Crippen LogP contribution in [0, 0.1) is 0 Å². The average Bonchev–Trinajstić information content (AvgIpc) is 3.29. The predicted octanol–water partition coefficient (Wildman–Crippen LogP) is 4.09. The fourth-order valence-corrected chi connectivity index (χ4v) is 5.14. The maximum absolute atomic E-state index is 12.9. The minimum Gasteiger partial charge on any atom is -0.477 e. The number of carbonyl (C=O) groups is 1. The van der Waals surface area contributed by atoms with Crippen molar-refractivity contribution in [3.63, 3.8) is 0 Å². The van der Waals surface area contributed by atoms with Gasteiger partial charge >= 0.3 is 5.97 Å². The first-order chi connectivity index (χ1) is 12.5. The van der Waals surface area contributed by atoms with Gasteiger partial charge in [-0.05, 0) is 24.3 Å². The fraction of sp³-hybridized carbons (Fsp3) is 0. The lowest BCUT2D eigenvalue weighted by Gasteiger charge is -2.01. The van der Waals surface area contributed by atoms with E-state index >= 15 is 0 Å². The molecule has 0 radical (unpaired) electrons. The molecule has 4 aromatic rings. The number of carboxylic acid groups (broad SMARTS) is 1. The van der Waals surface area contributed by atoms with E-state index in [0.29, 0.717) is 27.9 Å². The van der Waals surface area contributed by atoms with Gasteiger partial charge in [0.1, 0.15) is 10.5 Å². The van der Waals surface area contributed by atoms with Gasteiger partial charge < -0.3 is 9.52 Å². The Bertz CT molecular complexity index is 1220. The highest BCUT2D eigenvalue weighted by Gasteiger charge is 2.28. The Morgan fingerprint density at radius 1 is 1.08 bits per heavy atom. The Morgan fingerprint density at radius 3 is 2.58 bits per heavy atom. The van der Waals surface area contributed by atoms with Crippen LogP contribution in [0.2, 0.25) is 0 Å². The number of benzene rings is 2. The summed E-state index contributed by atoms with van der Waals surface area (Å²) < 4.78 is 30.9. The van der Waals surface area contributed by atoms with E-state index in [0.717, 1.165) is 0 Å². The number of fused-ring (bicyclic) bond motifs is 1. The monoisotopic (exact) mass is 385 g/mol. The van der Waals surface area contributed by atoms with E-state index in [4.69, 9.17) is 4.42 Å². The normalized spacial score (nSPS) is 11.7. The minimum atomic E-state index is -3.95. The van der Waals surface area contributed by atoms with Gasteiger partial charge in [-0.25, -0.2) is 18.2 Å². The van der Waals surface area contributed by atoms with Crippen molar-refractivity contribution in [1.29, 1.82) is 0 Å². The van der Waals surface area contributed by atoms with Gasteiger partial charge in [0.05, 0.1) is 16.9 Å². The number of aromatic nitrogens is 1. The summed E-state index contributed by atoms with van der Waals surface area (Å²) >= 11 is 0.650. The zero-order valence-corrected chi connectivity index (χ0v) is 14.8. The summed E-state index contributed by atoms with van der Waals surface area (Å²) in [4.78, 5) is 15.6. The second-order valence-corrected chi connectivity index (χ2v) is 8.57. The van der Waals surface area contributed by atoms with E-state index in [9.17, 15) is 18.3 Å².